The fraction of sp³-hybridized carbons (Fsp3) is 0.632. The van der Waals surface area contributed by atoms with Crippen LogP contribution in [0.2, 0.25) is 0 Å². The van der Waals surface area contributed by atoms with Gasteiger partial charge in [0, 0.05) is 17.9 Å². The van der Waals surface area contributed by atoms with Crippen molar-refractivity contribution in [2.24, 2.45) is 5.92 Å². The van der Waals surface area contributed by atoms with Gasteiger partial charge >= 0.3 is 0 Å². The normalized spacial score (nSPS) is 16.7. The summed E-state index contributed by atoms with van der Waals surface area (Å²) in [6, 6.07) is 8.37. The Morgan fingerprint density at radius 2 is 1.77 bits per heavy atom. The fourth-order valence-electron chi connectivity index (χ4n) is 3.62. The third-order valence-corrected chi connectivity index (χ3v) is 5.22. The number of hydrogen-bond donors (Lipinski definition) is 1. The van der Waals surface area contributed by atoms with Crippen molar-refractivity contribution in [3.05, 3.63) is 29.8 Å². The number of hydrogen-bond acceptors (Lipinski definition) is 2. The highest BCUT2D eigenvalue weighted by atomic mass is 16.5. The van der Waals surface area contributed by atoms with Crippen LogP contribution >= 0.6 is 0 Å². The van der Waals surface area contributed by atoms with Crippen LogP contribution in [0.3, 0.4) is 0 Å². The summed E-state index contributed by atoms with van der Waals surface area (Å²) in [5.41, 5.74) is 1.43. The number of benzene rings is 1. The molecule has 2 rings (SSSR count). The van der Waals surface area contributed by atoms with Gasteiger partial charge in [-0.3, -0.25) is 4.79 Å². The SMILES string of the molecule is CCC(CC)C(=O)NCC1(c2ccc(OC)cc2)CCCC1. The Morgan fingerprint density at radius 1 is 1.18 bits per heavy atom. The molecule has 0 saturated heterocycles. The molecule has 3 nitrogen and oxygen atoms in total. The summed E-state index contributed by atoms with van der Waals surface area (Å²) >= 11 is 0. The molecule has 0 spiro atoms. The molecule has 0 bridgehead atoms. The second-order valence-corrected chi connectivity index (χ2v) is 6.45. The minimum absolute atomic E-state index is 0.105. The second kappa shape index (κ2) is 7.66. The molecule has 3 heteroatoms. The Morgan fingerprint density at radius 3 is 2.27 bits per heavy atom. The lowest BCUT2D eigenvalue weighted by molar-refractivity contribution is -0.125. The molecule has 122 valence electrons. The molecule has 0 aliphatic heterocycles. The molecule has 1 aliphatic carbocycles. The molecule has 1 aliphatic rings. The van der Waals surface area contributed by atoms with Crippen LogP contribution in [0, 0.1) is 5.92 Å². The molecule has 0 atom stereocenters. The van der Waals surface area contributed by atoms with Crippen LogP contribution < -0.4 is 10.1 Å². The van der Waals surface area contributed by atoms with Crippen LogP contribution in [-0.4, -0.2) is 19.6 Å². The first kappa shape index (κ1) is 16.9. The second-order valence-electron chi connectivity index (χ2n) is 6.45. The van der Waals surface area contributed by atoms with Crippen LogP contribution in [0.25, 0.3) is 0 Å². The minimum atomic E-state index is 0.105. The van der Waals surface area contributed by atoms with Crippen LogP contribution in [0.5, 0.6) is 5.75 Å². The first-order chi connectivity index (χ1) is 10.6. The van der Waals surface area contributed by atoms with Gasteiger partial charge in [-0.05, 0) is 43.4 Å². The van der Waals surface area contributed by atoms with Gasteiger partial charge in [0.1, 0.15) is 5.75 Å². The monoisotopic (exact) mass is 303 g/mol. The minimum Gasteiger partial charge on any atom is -0.497 e. The van der Waals surface area contributed by atoms with Crippen LogP contribution in [0.15, 0.2) is 24.3 Å². The molecule has 22 heavy (non-hydrogen) atoms. The van der Waals surface area contributed by atoms with E-state index in [4.69, 9.17) is 4.74 Å². The molecule has 0 unspecified atom stereocenters. The zero-order chi connectivity index (χ0) is 16.0. The van der Waals surface area contributed by atoms with Gasteiger partial charge in [0.05, 0.1) is 7.11 Å². The highest BCUT2D eigenvalue weighted by Gasteiger charge is 2.36. The molecule has 0 aromatic heterocycles. The van der Waals surface area contributed by atoms with Crippen molar-refractivity contribution >= 4 is 5.91 Å². The smallest absolute Gasteiger partial charge is 0.223 e. The standard InChI is InChI=1S/C19H29NO2/c1-4-15(5-2)18(21)20-14-19(12-6-7-13-19)16-8-10-17(22-3)11-9-16/h8-11,15H,4-7,12-14H2,1-3H3,(H,20,21). The van der Waals surface area contributed by atoms with Crippen molar-refractivity contribution in [3.63, 3.8) is 0 Å². The maximum Gasteiger partial charge on any atom is 0.223 e. The molecule has 1 fully saturated rings. The van der Waals surface area contributed by atoms with E-state index < -0.39 is 0 Å². The highest BCUT2D eigenvalue weighted by molar-refractivity contribution is 5.78. The topological polar surface area (TPSA) is 38.3 Å². The van der Waals surface area contributed by atoms with Crippen LogP contribution in [0.4, 0.5) is 0 Å². The predicted molar refractivity (Wildman–Crippen MR) is 90.2 cm³/mol. The summed E-state index contributed by atoms with van der Waals surface area (Å²) in [7, 11) is 1.69. The van der Waals surface area contributed by atoms with Crippen molar-refractivity contribution in [1.82, 2.24) is 5.32 Å². The van der Waals surface area contributed by atoms with E-state index in [0.29, 0.717) is 0 Å². The van der Waals surface area contributed by atoms with Crippen molar-refractivity contribution in [3.8, 4) is 5.75 Å². The Labute approximate surface area is 134 Å². The van der Waals surface area contributed by atoms with Crippen LogP contribution in [0.1, 0.15) is 57.9 Å². The molecule has 0 heterocycles. The number of carbonyl (C=O) groups is 1. The number of amides is 1. The molecule has 1 aromatic carbocycles. The van der Waals surface area contributed by atoms with Crippen LogP contribution in [-0.2, 0) is 10.2 Å². The van der Waals surface area contributed by atoms with Crippen molar-refractivity contribution in [2.45, 2.75) is 57.8 Å². The molecular weight excluding hydrogens is 274 g/mol. The van der Waals surface area contributed by atoms with E-state index in [9.17, 15) is 4.79 Å². The summed E-state index contributed by atoms with van der Waals surface area (Å²) in [6.07, 6.45) is 6.63. The van der Waals surface area contributed by atoms with E-state index in [2.05, 4.69) is 31.3 Å². The molecule has 0 radical (unpaired) electrons. The lowest BCUT2D eigenvalue weighted by Crippen LogP contribution is -2.41. The Kier molecular flexibility index (Phi) is 5.87. The number of methoxy groups -OCH3 is 1. The average Bonchev–Trinajstić information content (AvgIpc) is 3.04. The van der Waals surface area contributed by atoms with Gasteiger partial charge in [-0.1, -0.05) is 38.8 Å². The summed E-state index contributed by atoms with van der Waals surface area (Å²) in [6.45, 7) is 4.93. The average molecular weight is 303 g/mol. The number of nitrogens with one attached hydrogen (secondary N) is 1. The van der Waals surface area contributed by atoms with Gasteiger partial charge in [-0.15, -0.1) is 0 Å². The third-order valence-electron chi connectivity index (χ3n) is 5.22. The first-order valence-corrected chi connectivity index (χ1v) is 8.57. The molecule has 1 aromatic rings. The lowest BCUT2D eigenvalue weighted by Gasteiger charge is -2.31. The lowest BCUT2D eigenvalue weighted by atomic mass is 9.78. The maximum atomic E-state index is 12.3. The maximum absolute atomic E-state index is 12.3. The van der Waals surface area contributed by atoms with Gasteiger partial charge in [-0.2, -0.15) is 0 Å². The van der Waals surface area contributed by atoms with Gasteiger partial charge in [-0.25, -0.2) is 0 Å². The Bertz CT molecular complexity index is 471. The summed E-state index contributed by atoms with van der Waals surface area (Å²) in [4.78, 5) is 12.3. The van der Waals surface area contributed by atoms with E-state index in [1.807, 2.05) is 12.1 Å². The zero-order valence-corrected chi connectivity index (χ0v) is 14.2. The van der Waals surface area contributed by atoms with Crippen molar-refractivity contribution < 1.29 is 9.53 Å². The van der Waals surface area contributed by atoms with Gasteiger partial charge in [0.2, 0.25) is 5.91 Å². The third kappa shape index (κ3) is 3.63. The number of ether oxygens (including phenoxy) is 1. The van der Waals surface area contributed by atoms with Crippen molar-refractivity contribution in [1.29, 1.82) is 0 Å². The van der Waals surface area contributed by atoms with Crippen molar-refractivity contribution in [2.75, 3.05) is 13.7 Å². The predicted octanol–water partition coefficient (Wildman–Crippen LogP) is 4.06. The summed E-state index contributed by atoms with van der Waals surface area (Å²) in [5.74, 6) is 1.25. The quantitative estimate of drug-likeness (QED) is 0.825. The highest BCUT2D eigenvalue weighted by Crippen LogP contribution is 2.41. The van der Waals surface area contributed by atoms with Gasteiger partial charge in [0.25, 0.3) is 0 Å². The summed E-state index contributed by atoms with van der Waals surface area (Å²) < 4.78 is 5.25. The zero-order valence-electron chi connectivity index (χ0n) is 14.2. The Hall–Kier alpha value is -1.51. The van der Waals surface area contributed by atoms with Gasteiger partial charge in [0.15, 0.2) is 0 Å². The van der Waals surface area contributed by atoms with E-state index in [1.165, 1.54) is 18.4 Å². The fourth-order valence-corrected chi connectivity index (χ4v) is 3.62. The Balaban J connectivity index is 2.09. The van der Waals surface area contributed by atoms with E-state index in [-0.39, 0.29) is 17.2 Å². The van der Waals surface area contributed by atoms with E-state index >= 15 is 0 Å². The number of rotatable bonds is 7. The van der Waals surface area contributed by atoms with Gasteiger partial charge < -0.3 is 10.1 Å². The van der Waals surface area contributed by atoms with E-state index in [0.717, 1.165) is 38.0 Å². The molecular formula is C19H29NO2. The number of carbonyl (C=O) groups excluding carboxylic acids is 1. The molecule has 1 amide bonds. The first-order valence-electron chi connectivity index (χ1n) is 8.57. The summed E-state index contributed by atoms with van der Waals surface area (Å²) in [5, 5.41) is 3.22. The largest absolute Gasteiger partial charge is 0.497 e. The molecule has 1 N–H and O–H groups in total. The van der Waals surface area contributed by atoms with E-state index in [1.54, 1.807) is 7.11 Å². The molecule has 1 saturated carbocycles.